The fraction of sp³-hybridized carbons (Fsp3) is 0.345. The van der Waals surface area contributed by atoms with Crippen molar-refractivity contribution in [1.82, 2.24) is 19.7 Å². The smallest absolute Gasteiger partial charge is 0.268 e. The Morgan fingerprint density at radius 2 is 1.94 bits per heavy atom. The summed E-state index contributed by atoms with van der Waals surface area (Å²) in [7, 11) is 1.65. The summed E-state index contributed by atoms with van der Waals surface area (Å²) in [6.07, 6.45) is 3.40. The van der Waals surface area contributed by atoms with Gasteiger partial charge in [-0.1, -0.05) is 33.3 Å². The van der Waals surface area contributed by atoms with Crippen LogP contribution in [0.5, 0.6) is 5.75 Å². The molecule has 0 aliphatic heterocycles. The molecule has 36 heavy (non-hydrogen) atoms. The van der Waals surface area contributed by atoms with Crippen LogP contribution in [-0.2, 0) is 13.0 Å². The maximum Gasteiger partial charge on any atom is 0.268 e. The number of methoxy groups -OCH3 is 1. The van der Waals surface area contributed by atoms with Gasteiger partial charge in [0.1, 0.15) is 17.8 Å². The normalized spacial score (nSPS) is 11.3. The summed E-state index contributed by atoms with van der Waals surface area (Å²) in [6, 6.07) is 11.9. The number of nitrogens with one attached hydrogen (secondary N) is 2. The van der Waals surface area contributed by atoms with E-state index in [1.807, 2.05) is 48.6 Å². The number of pyridine rings is 2. The monoisotopic (exact) mass is 486 g/mol. The molecule has 0 atom stereocenters. The van der Waals surface area contributed by atoms with Gasteiger partial charge in [0.25, 0.3) is 11.5 Å². The summed E-state index contributed by atoms with van der Waals surface area (Å²) in [5.74, 6) is 0.720. The highest BCUT2D eigenvalue weighted by molar-refractivity contribution is 5.95. The number of amides is 1. The maximum atomic E-state index is 13.5. The van der Waals surface area contributed by atoms with E-state index >= 15 is 0 Å². The van der Waals surface area contributed by atoms with E-state index in [1.165, 1.54) is 0 Å². The minimum atomic E-state index is -0.261. The molecule has 188 valence electrons. The molecule has 7 heteroatoms. The van der Waals surface area contributed by atoms with Gasteiger partial charge in [0.05, 0.1) is 18.3 Å². The largest absolute Gasteiger partial charge is 0.497 e. The summed E-state index contributed by atoms with van der Waals surface area (Å²) in [5.41, 5.74) is 7.51. The zero-order valence-corrected chi connectivity index (χ0v) is 21.9. The number of aromatic nitrogens is 3. The minimum Gasteiger partial charge on any atom is -0.497 e. The number of fused-ring (bicyclic) bond motifs is 1. The average Bonchev–Trinajstić information content (AvgIpc) is 3.27. The first-order chi connectivity index (χ1) is 17.2. The molecule has 0 aliphatic rings. The lowest BCUT2D eigenvalue weighted by Crippen LogP contribution is -2.29. The van der Waals surface area contributed by atoms with Gasteiger partial charge in [-0.05, 0) is 78.8 Å². The maximum absolute atomic E-state index is 13.5. The standard InChI is InChI=1S/C29H34N4O3/c1-7-8-20-12-19(5)32-28(34)24(20)15-30-29(35)26-14-21(23-10-9-22(36-6)11-18(23)4)13-25-27(17(2)3)31-16-33(25)26/h9-14,16-17H,7-8,15H2,1-6H3,(H,30,35)(H,32,34). The Bertz CT molecular complexity index is 1480. The predicted octanol–water partition coefficient (Wildman–Crippen LogP) is 5.32. The van der Waals surface area contributed by atoms with E-state index in [4.69, 9.17) is 4.74 Å². The fourth-order valence-electron chi connectivity index (χ4n) is 4.71. The number of ether oxygens (including phenoxy) is 1. The molecular formula is C29H34N4O3. The molecule has 0 radical (unpaired) electrons. The van der Waals surface area contributed by atoms with Crippen LogP contribution in [0.3, 0.4) is 0 Å². The van der Waals surface area contributed by atoms with Crippen LogP contribution < -0.4 is 15.6 Å². The topological polar surface area (TPSA) is 88.5 Å². The van der Waals surface area contributed by atoms with Crippen molar-refractivity contribution in [1.29, 1.82) is 0 Å². The number of nitrogens with zero attached hydrogens (tertiary/aromatic N) is 2. The summed E-state index contributed by atoms with van der Waals surface area (Å²) >= 11 is 0. The molecule has 0 saturated carbocycles. The van der Waals surface area contributed by atoms with Crippen LogP contribution in [-0.4, -0.2) is 27.4 Å². The first-order valence-electron chi connectivity index (χ1n) is 12.4. The Morgan fingerprint density at radius 3 is 2.61 bits per heavy atom. The van der Waals surface area contributed by atoms with Gasteiger partial charge in [-0.2, -0.15) is 0 Å². The lowest BCUT2D eigenvalue weighted by Gasteiger charge is -2.14. The Morgan fingerprint density at radius 1 is 1.17 bits per heavy atom. The van der Waals surface area contributed by atoms with Crippen LogP contribution in [0.25, 0.3) is 16.6 Å². The van der Waals surface area contributed by atoms with Gasteiger partial charge in [-0.15, -0.1) is 0 Å². The van der Waals surface area contributed by atoms with Gasteiger partial charge in [0, 0.05) is 17.8 Å². The summed E-state index contributed by atoms with van der Waals surface area (Å²) in [5, 5.41) is 2.99. The Hall–Kier alpha value is -3.87. The van der Waals surface area contributed by atoms with Crippen molar-refractivity contribution in [2.45, 2.75) is 59.9 Å². The van der Waals surface area contributed by atoms with E-state index < -0.39 is 0 Å². The van der Waals surface area contributed by atoms with Crippen LogP contribution in [0.2, 0.25) is 0 Å². The van der Waals surface area contributed by atoms with Gasteiger partial charge in [-0.3, -0.25) is 14.0 Å². The average molecular weight is 487 g/mol. The Kier molecular flexibility index (Phi) is 7.29. The highest BCUT2D eigenvalue weighted by atomic mass is 16.5. The molecule has 0 saturated heterocycles. The van der Waals surface area contributed by atoms with Gasteiger partial charge >= 0.3 is 0 Å². The number of hydrogen-bond acceptors (Lipinski definition) is 4. The van der Waals surface area contributed by atoms with Gasteiger partial charge in [-0.25, -0.2) is 4.98 Å². The van der Waals surface area contributed by atoms with E-state index in [2.05, 4.69) is 42.1 Å². The minimum absolute atomic E-state index is 0.156. The van der Waals surface area contributed by atoms with E-state index in [9.17, 15) is 9.59 Å². The number of hydrogen-bond donors (Lipinski definition) is 2. The second kappa shape index (κ2) is 10.4. The number of rotatable bonds is 8. The zero-order valence-electron chi connectivity index (χ0n) is 21.9. The number of imidazole rings is 1. The molecule has 0 unspecified atom stereocenters. The van der Waals surface area contributed by atoms with E-state index in [0.29, 0.717) is 11.3 Å². The molecule has 1 aromatic carbocycles. The molecule has 0 bridgehead atoms. The molecule has 3 heterocycles. The number of aryl methyl sites for hydroxylation is 3. The highest BCUT2D eigenvalue weighted by Gasteiger charge is 2.19. The van der Waals surface area contributed by atoms with Crippen LogP contribution in [0.4, 0.5) is 0 Å². The van der Waals surface area contributed by atoms with Crippen LogP contribution >= 0.6 is 0 Å². The third-order valence-electron chi connectivity index (χ3n) is 6.51. The van der Waals surface area contributed by atoms with Crippen molar-refractivity contribution in [3.8, 4) is 16.9 Å². The lowest BCUT2D eigenvalue weighted by atomic mass is 9.98. The van der Waals surface area contributed by atoms with Crippen LogP contribution in [0, 0.1) is 13.8 Å². The highest BCUT2D eigenvalue weighted by Crippen LogP contribution is 2.31. The zero-order chi connectivity index (χ0) is 26.0. The fourth-order valence-corrected chi connectivity index (χ4v) is 4.71. The molecular weight excluding hydrogens is 452 g/mol. The van der Waals surface area contributed by atoms with Crippen molar-refractivity contribution in [3.05, 3.63) is 86.9 Å². The summed E-state index contributed by atoms with van der Waals surface area (Å²) in [4.78, 5) is 33.7. The number of aromatic amines is 1. The van der Waals surface area contributed by atoms with Gasteiger partial charge in [0.2, 0.25) is 0 Å². The summed E-state index contributed by atoms with van der Waals surface area (Å²) in [6.45, 7) is 10.3. The first-order valence-corrected chi connectivity index (χ1v) is 12.4. The SMILES string of the molecule is CCCc1cc(C)[nH]c(=O)c1CNC(=O)c1cc(-c2ccc(OC)cc2C)cc2c(C(C)C)ncn12. The molecule has 7 nitrogen and oxygen atoms in total. The van der Waals surface area contributed by atoms with Crippen molar-refractivity contribution in [3.63, 3.8) is 0 Å². The molecule has 2 N–H and O–H groups in total. The van der Waals surface area contributed by atoms with Crippen molar-refractivity contribution < 1.29 is 9.53 Å². The molecule has 0 aliphatic carbocycles. The number of H-pyrrole nitrogens is 1. The van der Waals surface area contributed by atoms with Crippen LogP contribution in [0.15, 0.2) is 47.5 Å². The molecule has 4 rings (SSSR count). The summed E-state index contributed by atoms with van der Waals surface area (Å²) < 4.78 is 7.20. The van der Waals surface area contributed by atoms with Crippen molar-refractivity contribution in [2.75, 3.05) is 7.11 Å². The first kappa shape index (κ1) is 25.2. The second-order valence-electron chi connectivity index (χ2n) is 9.57. The van der Waals surface area contributed by atoms with E-state index in [0.717, 1.165) is 57.7 Å². The van der Waals surface area contributed by atoms with Crippen molar-refractivity contribution >= 4 is 11.4 Å². The second-order valence-corrected chi connectivity index (χ2v) is 9.57. The van der Waals surface area contributed by atoms with Gasteiger partial charge in [0.15, 0.2) is 0 Å². The molecule has 0 spiro atoms. The number of benzene rings is 1. The molecule has 0 fully saturated rings. The quantitative estimate of drug-likeness (QED) is 0.353. The third kappa shape index (κ3) is 4.91. The van der Waals surface area contributed by atoms with Crippen molar-refractivity contribution in [2.24, 2.45) is 0 Å². The third-order valence-corrected chi connectivity index (χ3v) is 6.51. The molecule has 1 amide bonds. The molecule has 3 aromatic heterocycles. The van der Waals surface area contributed by atoms with E-state index in [-0.39, 0.29) is 23.9 Å². The number of carbonyl (C=O) groups is 1. The molecule has 4 aromatic rings. The Labute approximate surface area is 211 Å². The van der Waals surface area contributed by atoms with Crippen LogP contribution in [0.1, 0.15) is 71.7 Å². The predicted molar refractivity (Wildman–Crippen MR) is 143 cm³/mol. The van der Waals surface area contributed by atoms with E-state index in [1.54, 1.807) is 13.4 Å². The Balaban J connectivity index is 1.77. The lowest BCUT2D eigenvalue weighted by molar-refractivity contribution is 0.0944. The van der Waals surface area contributed by atoms with Gasteiger partial charge < -0.3 is 15.0 Å². The number of carbonyl (C=O) groups excluding carboxylic acids is 1.